The average molecular weight is 269 g/mol. The van der Waals surface area contributed by atoms with Crippen molar-refractivity contribution >= 4 is 0 Å². The van der Waals surface area contributed by atoms with Crippen LogP contribution in [-0.4, -0.2) is 25.9 Å². The third kappa shape index (κ3) is 6.03. The van der Waals surface area contributed by atoms with E-state index in [2.05, 4.69) is 5.32 Å². The van der Waals surface area contributed by atoms with Gasteiger partial charge in [0.25, 0.3) is 0 Å². The van der Waals surface area contributed by atoms with Crippen LogP contribution in [0.2, 0.25) is 0 Å². The topological polar surface area (TPSA) is 30.5 Å². The molecule has 0 aliphatic heterocycles. The predicted octanol–water partition coefficient (Wildman–Crippen LogP) is 3.13. The Morgan fingerprint density at radius 3 is 2.63 bits per heavy atom. The molecule has 0 radical (unpaired) electrons. The van der Waals surface area contributed by atoms with Gasteiger partial charge in [0.15, 0.2) is 0 Å². The van der Waals surface area contributed by atoms with E-state index in [1.807, 2.05) is 26.8 Å². The molecule has 0 aromatic heterocycles. The second kappa shape index (κ2) is 7.46. The van der Waals surface area contributed by atoms with Gasteiger partial charge in [-0.2, -0.15) is 0 Å². The van der Waals surface area contributed by atoms with Gasteiger partial charge < -0.3 is 14.8 Å². The fraction of sp³-hybridized carbons (Fsp3) is 0.600. The van der Waals surface area contributed by atoms with Crippen molar-refractivity contribution in [3.8, 4) is 5.75 Å². The molecule has 0 fully saturated rings. The van der Waals surface area contributed by atoms with Gasteiger partial charge in [0.05, 0.1) is 12.2 Å². The fourth-order valence-corrected chi connectivity index (χ4v) is 1.59. The van der Waals surface area contributed by atoms with E-state index in [1.165, 1.54) is 12.1 Å². The van der Waals surface area contributed by atoms with Crippen LogP contribution in [0.4, 0.5) is 4.39 Å². The van der Waals surface area contributed by atoms with Crippen molar-refractivity contribution in [2.45, 2.75) is 39.3 Å². The highest BCUT2D eigenvalue weighted by molar-refractivity contribution is 5.29. The minimum absolute atomic E-state index is 0.222. The minimum atomic E-state index is -0.267. The lowest BCUT2D eigenvalue weighted by Gasteiger charge is -2.22. The number of nitrogens with one attached hydrogen (secondary N) is 1. The molecule has 108 valence electrons. The van der Waals surface area contributed by atoms with E-state index >= 15 is 0 Å². The lowest BCUT2D eigenvalue weighted by atomic mass is 10.1. The second-order valence-corrected chi connectivity index (χ2v) is 5.14. The third-order valence-electron chi connectivity index (χ3n) is 3.04. The zero-order valence-corrected chi connectivity index (χ0v) is 12.3. The Morgan fingerprint density at radius 2 is 2.00 bits per heavy atom. The molecule has 0 aliphatic rings. The molecule has 19 heavy (non-hydrogen) atoms. The minimum Gasteiger partial charge on any atom is -0.493 e. The number of hydrogen-bond acceptors (Lipinski definition) is 3. The summed E-state index contributed by atoms with van der Waals surface area (Å²) in [4.78, 5) is 0. The van der Waals surface area contributed by atoms with Crippen LogP contribution in [0.3, 0.4) is 0 Å². The fourth-order valence-electron chi connectivity index (χ4n) is 1.59. The van der Waals surface area contributed by atoms with Gasteiger partial charge in [-0.25, -0.2) is 4.39 Å². The number of methoxy groups -OCH3 is 1. The van der Waals surface area contributed by atoms with Gasteiger partial charge in [-0.05, 0) is 38.1 Å². The molecule has 0 heterocycles. The van der Waals surface area contributed by atoms with Crippen molar-refractivity contribution in [3.63, 3.8) is 0 Å². The van der Waals surface area contributed by atoms with E-state index in [-0.39, 0.29) is 11.4 Å². The van der Waals surface area contributed by atoms with Crippen LogP contribution < -0.4 is 10.1 Å². The van der Waals surface area contributed by atoms with Crippen molar-refractivity contribution in [3.05, 3.63) is 29.6 Å². The van der Waals surface area contributed by atoms with Crippen LogP contribution in [0, 0.1) is 5.82 Å². The SMILES string of the molecule is CCNCc1cc(F)cc(OCCC(C)(C)OC)c1. The summed E-state index contributed by atoms with van der Waals surface area (Å²) in [6.07, 6.45) is 0.753. The lowest BCUT2D eigenvalue weighted by molar-refractivity contribution is 0.00543. The predicted molar refractivity (Wildman–Crippen MR) is 75.0 cm³/mol. The van der Waals surface area contributed by atoms with Crippen LogP contribution in [0.25, 0.3) is 0 Å². The van der Waals surface area contributed by atoms with E-state index in [0.29, 0.717) is 18.9 Å². The first-order valence-corrected chi connectivity index (χ1v) is 6.65. The van der Waals surface area contributed by atoms with E-state index < -0.39 is 0 Å². The van der Waals surface area contributed by atoms with E-state index in [0.717, 1.165) is 18.5 Å². The van der Waals surface area contributed by atoms with Gasteiger partial charge in [0, 0.05) is 26.1 Å². The molecule has 4 heteroatoms. The number of ether oxygens (including phenoxy) is 2. The number of halogens is 1. The van der Waals surface area contributed by atoms with Gasteiger partial charge in [-0.15, -0.1) is 0 Å². The molecule has 1 N–H and O–H groups in total. The lowest BCUT2D eigenvalue weighted by Crippen LogP contribution is -2.25. The normalized spacial score (nSPS) is 11.6. The summed E-state index contributed by atoms with van der Waals surface area (Å²) < 4.78 is 24.4. The Balaban J connectivity index is 2.55. The molecule has 1 aromatic rings. The molecule has 1 rings (SSSR count). The Hall–Kier alpha value is -1.13. The summed E-state index contributed by atoms with van der Waals surface area (Å²) in [5.74, 6) is 0.302. The van der Waals surface area contributed by atoms with Gasteiger partial charge >= 0.3 is 0 Å². The summed E-state index contributed by atoms with van der Waals surface area (Å²) in [6.45, 7) is 8.02. The summed E-state index contributed by atoms with van der Waals surface area (Å²) in [5.41, 5.74) is 0.669. The quantitative estimate of drug-likeness (QED) is 0.786. The van der Waals surface area contributed by atoms with Crippen molar-refractivity contribution in [1.29, 1.82) is 0 Å². The molecule has 0 spiro atoms. The first-order valence-electron chi connectivity index (χ1n) is 6.65. The van der Waals surface area contributed by atoms with Crippen LogP contribution in [0.1, 0.15) is 32.8 Å². The maximum absolute atomic E-state index is 13.4. The zero-order valence-electron chi connectivity index (χ0n) is 12.3. The molecule has 0 atom stereocenters. The molecule has 0 bridgehead atoms. The van der Waals surface area contributed by atoms with Crippen molar-refractivity contribution in [2.75, 3.05) is 20.3 Å². The molecular formula is C15H24FNO2. The average Bonchev–Trinajstić information content (AvgIpc) is 2.35. The molecule has 0 unspecified atom stereocenters. The summed E-state index contributed by atoms with van der Waals surface area (Å²) in [5, 5.41) is 3.17. The summed E-state index contributed by atoms with van der Waals surface area (Å²) in [6, 6.07) is 4.80. The van der Waals surface area contributed by atoms with E-state index in [4.69, 9.17) is 9.47 Å². The molecular weight excluding hydrogens is 245 g/mol. The number of benzene rings is 1. The molecule has 0 saturated heterocycles. The van der Waals surface area contributed by atoms with Crippen molar-refractivity contribution < 1.29 is 13.9 Å². The molecule has 0 saturated carbocycles. The summed E-state index contributed by atoms with van der Waals surface area (Å²) in [7, 11) is 1.68. The van der Waals surface area contributed by atoms with Crippen LogP contribution in [0.5, 0.6) is 5.75 Å². The Morgan fingerprint density at radius 1 is 1.26 bits per heavy atom. The summed E-state index contributed by atoms with van der Waals surface area (Å²) >= 11 is 0. The Kier molecular flexibility index (Phi) is 6.25. The Labute approximate surface area is 115 Å². The second-order valence-electron chi connectivity index (χ2n) is 5.14. The smallest absolute Gasteiger partial charge is 0.127 e. The highest BCUT2D eigenvalue weighted by atomic mass is 19.1. The van der Waals surface area contributed by atoms with Gasteiger partial charge in [0.1, 0.15) is 11.6 Å². The molecule has 1 aromatic carbocycles. The number of hydrogen-bond donors (Lipinski definition) is 1. The van der Waals surface area contributed by atoms with Crippen LogP contribution >= 0.6 is 0 Å². The van der Waals surface area contributed by atoms with Crippen LogP contribution in [-0.2, 0) is 11.3 Å². The van der Waals surface area contributed by atoms with Crippen molar-refractivity contribution in [1.82, 2.24) is 5.32 Å². The number of rotatable bonds is 8. The van der Waals surface area contributed by atoms with Gasteiger partial charge in [-0.1, -0.05) is 6.92 Å². The van der Waals surface area contributed by atoms with Crippen molar-refractivity contribution in [2.24, 2.45) is 0 Å². The Bertz CT molecular complexity index is 394. The van der Waals surface area contributed by atoms with Crippen LogP contribution in [0.15, 0.2) is 18.2 Å². The third-order valence-corrected chi connectivity index (χ3v) is 3.04. The van der Waals surface area contributed by atoms with E-state index in [1.54, 1.807) is 7.11 Å². The molecule has 0 amide bonds. The molecule has 0 aliphatic carbocycles. The maximum Gasteiger partial charge on any atom is 0.127 e. The van der Waals surface area contributed by atoms with Gasteiger partial charge in [0.2, 0.25) is 0 Å². The first-order chi connectivity index (χ1) is 8.96. The zero-order chi connectivity index (χ0) is 14.3. The highest BCUT2D eigenvalue weighted by Crippen LogP contribution is 2.19. The monoisotopic (exact) mass is 269 g/mol. The largest absolute Gasteiger partial charge is 0.493 e. The van der Waals surface area contributed by atoms with Gasteiger partial charge in [-0.3, -0.25) is 0 Å². The molecule has 3 nitrogen and oxygen atoms in total. The maximum atomic E-state index is 13.4. The standard InChI is InChI=1S/C15H24FNO2/c1-5-17-11-12-8-13(16)10-14(9-12)19-7-6-15(2,3)18-4/h8-10,17H,5-7,11H2,1-4H3. The van der Waals surface area contributed by atoms with E-state index in [9.17, 15) is 4.39 Å². The first kappa shape index (κ1) is 15.9. The highest BCUT2D eigenvalue weighted by Gasteiger charge is 2.16.